The number of aliphatic carboxylic acids is 2. The van der Waals surface area contributed by atoms with Gasteiger partial charge in [0.1, 0.15) is 4.75 Å². The molecule has 0 spiro atoms. The van der Waals surface area contributed by atoms with Crippen molar-refractivity contribution < 1.29 is 91.9 Å². The fourth-order valence-electron chi connectivity index (χ4n) is 5.38. The molecule has 0 heterocycles. The molecule has 0 aromatic rings. The van der Waals surface area contributed by atoms with E-state index in [-0.39, 0.29) is 72.0 Å². The van der Waals surface area contributed by atoms with Crippen LogP contribution < -0.4 is 69.3 Å². The van der Waals surface area contributed by atoms with Gasteiger partial charge >= 0.3 is 59.1 Å². The van der Waals surface area contributed by atoms with E-state index in [0.717, 1.165) is 58.3 Å². The van der Waals surface area contributed by atoms with E-state index in [1.807, 2.05) is 0 Å². The SMILES string of the molecule is CCCCCCCCCCCCC(CCCCCCCCCCCC)(C(=O)[O-])C(C)(C(=O)[O-])S(=O)(=O)O.[Na+].[Na+]. The number of carboxylic acids is 2. The zero-order valence-corrected chi connectivity index (χ0v) is 30.7. The van der Waals surface area contributed by atoms with Crippen molar-refractivity contribution >= 4 is 22.1 Å². The Balaban J connectivity index is -0.00000648. The summed E-state index contributed by atoms with van der Waals surface area (Å²) in [6.07, 6.45) is 19.7. The molecule has 1 atom stereocenters. The van der Waals surface area contributed by atoms with Crippen molar-refractivity contribution in [3.8, 4) is 0 Å². The number of rotatable bonds is 26. The third kappa shape index (κ3) is 16.3. The number of hydrogen-bond donors (Lipinski definition) is 1. The van der Waals surface area contributed by atoms with Gasteiger partial charge in [0.15, 0.2) is 0 Å². The second kappa shape index (κ2) is 25.4. The molecule has 0 fully saturated rings. The van der Waals surface area contributed by atoms with Crippen molar-refractivity contribution in [3.05, 3.63) is 0 Å². The Hall–Kier alpha value is 0.850. The van der Waals surface area contributed by atoms with Gasteiger partial charge in [0.25, 0.3) is 10.1 Å². The standard InChI is InChI=1S/C29H56O7S.2Na/c1-4-6-8-10-12-14-16-18-20-22-24-29(27(32)33,28(3,26(30)31)37(34,35)36)25-23-21-19-17-15-13-11-9-7-5-2;;/h4-25H2,1-3H3,(H,30,31)(H,32,33)(H,34,35,36);;/q;2*+1/p-2. The van der Waals surface area contributed by atoms with Gasteiger partial charge in [0.05, 0.1) is 5.97 Å². The molecule has 10 heteroatoms. The zero-order chi connectivity index (χ0) is 28.2. The van der Waals surface area contributed by atoms with Crippen LogP contribution in [0.15, 0.2) is 0 Å². The quantitative estimate of drug-likeness (QED) is 0.0832. The number of unbranched alkanes of at least 4 members (excludes halogenated alkanes) is 18. The van der Waals surface area contributed by atoms with Crippen LogP contribution >= 0.6 is 0 Å². The number of carboxylic acid groups (broad SMARTS) is 2. The van der Waals surface area contributed by atoms with Gasteiger partial charge in [-0.15, -0.1) is 0 Å². The summed E-state index contributed by atoms with van der Waals surface area (Å²) in [5, 5.41) is 24.5. The monoisotopic (exact) mass is 592 g/mol. The molecular weight excluding hydrogens is 538 g/mol. The molecule has 0 rings (SSSR count). The van der Waals surface area contributed by atoms with E-state index < -0.39 is 32.2 Å². The van der Waals surface area contributed by atoms with E-state index in [0.29, 0.717) is 25.7 Å². The van der Waals surface area contributed by atoms with Crippen LogP contribution in [0.4, 0.5) is 0 Å². The predicted molar refractivity (Wildman–Crippen MR) is 145 cm³/mol. The van der Waals surface area contributed by atoms with Crippen molar-refractivity contribution in [3.63, 3.8) is 0 Å². The Morgan fingerprint density at radius 2 is 0.821 bits per heavy atom. The van der Waals surface area contributed by atoms with E-state index in [1.165, 1.54) is 51.4 Å². The van der Waals surface area contributed by atoms with Gasteiger partial charge < -0.3 is 19.8 Å². The molecule has 1 unspecified atom stereocenters. The Bertz CT molecular complexity index is 707. The molecule has 0 saturated heterocycles. The predicted octanol–water partition coefficient (Wildman–Crippen LogP) is -0.251. The van der Waals surface area contributed by atoms with Crippen molar-refractivity contribution in [1.29, 1.82) is 0 Å². The van der Waals surface area contributed by atoms with Crippen LogP contribution in [0.5, 0.6) is 0 Å². The minimum absolute atomic E-state index is 0. The van der Waals surface area contributed by atoms with Crippen LogP contribution in [0.25, 0.3) is 0 Å². The Morgan fingerprint density at radius 1 is 0.564 bits per heavy atom. The zero-order valence-electron chi connectivity index (χ0n) is 25.9. The second-order valence-electron chi connectivity index (χ2n) is 11.0. The summed E-state index contributed by atoms with van der Waals surface area (Å²) < 4.78 is 31.4. The molecule has 0 aliphatic heterocycles. The van der Waals surface area contributed by atoms with E-state index in [2.05, 4.69) is 13.8 Å². The summed E-state index contributed by atoms with van der Waals surface area (Å²) >= 11 is 0. The van der Waals surface area contributed by atoms with E-state index in [4.69, 9.17) is 0 Å². The maximum Gasteiger partial charge on any atom is 1.00 e. The second-order valence-corrected chi connectivity index (χ2v) is 12.8. The average molecular weight is 593 g/mol. The van der Waals surface area contributed by atoms with E-state index >= 15 is 0 Å². The first-order valence-electron chi connectivity index (χ1n) is 14.9. The molecule has 1 N–H and O–H groups in total. The maximum atomic E-state index is 12.4. The molecular formula is C29H54Na2O7S. The van der Waals surface area contributed by atoms with Crippen molar-refractivity contribution in [2.24, 2.45) is 5.41 Å². The molecule has 39 heavy (non-hydrogen) atoms. The number of carbonyl (C=O) groups excluding carboxylic acids is 2. The van der Waals surface area contributed by atoms with Crippen LogP contribution in [0.1, 0.15) is 162 Å². The van der Waals surface area contributed by atoms with Gasteiger partial charge in [-0.05, 0) is 19.8 Å². The summed E-state index contributed by atoms with van der Waals surface area (Å²) in [6.45, 7) is 5.12. The Kier molecular flexibility index (Phi) is 28.8. The number of carbonyl (C=O) groups is 2. The minimum atomic E-state index is -5.27. The molecule has 0 amide bonds. The largest absolute Gasteiger partial charge is 1.00 e. The van der Waals surface area contributed by atoms with Gasteiger partial charge in [-0.2, -0.15) is 8.42 Å². The third-order valence-corrected chi connectivity index (χ3v) is 9.71. The molecule has 0 saturated carbocycles. The minimum Gasteiger partial charge on any atom is -0.549 e. The molecule has 7 nitrogen and oxygen atoms in total. The summed E-state index contributed by atoms with van der Waals surface area (Å²) in [6, 6.07) is 0. The molecule has 0 radical (unpaired) electrons. The molecule has 0 aromatic carbocycles. The molecule has 220 valence electrons. The normalized spacial score (nSPS) is 13.2. The van der Waals surface area contributed by atoms with E-state index in [1.54, 1.807) is 0 Å². The first kappa shape index (κ1) is 44.3. The summed E-state index contributed by atoms with van der Waals surface area (Å²) in [4.78, 5) is 24.5. The van der Waals surface area contributed by atoms with Crippen LogP contribution in [0.2, 0.25) is 0 Å². The molecule has 0 aliphatic rings. The topological polar surface area (TPSA) is 135 Å². The van der Waals surface area contributed by atoms with Crippen molar-refractivity contribution in [1.82, 2.24) is 0 Å². The smallest absolute Gasteiger partial charge is 0.549 e. The summed E-state index contributed by atoms with van der Waals surface area (Å²) in [7, 11) is -5.27. The van der Waals surface area contributed by atoms with Crippen LogP contribution in [0, 0.1) is 5.41 Å². The summed E-state index contributed by atoms with van der Waals surface area (Å²) in [5.41, 5.74) is -2.25. The fraction of sp³-hybridized carbons (Fsp3) is 0.931. The van der Waals surface area contributed by atoms with Gasteiger partial charge in [-0.1, -0.05) is 142 Å². The average Bonchev–Trinajstić information content (AvgIpc) is 2.83. The van der Waals surface area contributed by atoms with Crippen LogP contribution in [0.3, 0.4) is 0 Å². The first-order chi connectivity index (χ1) is 17.5. The Labute approximate surface area is 283 Å². The van der Waals surface area contributed by atoms with Crippen molar-refractivity contribution in [2.45, 2.75) is 167 Å². The van der Waals surface area contributed by atoms with Crippen molar-refractivity contribution in [2.75, 3.05) is 0 Å². The number of hydrogen-bond acceptors (Lipinski definition) is 6. The van der Waals surface area contributed by atoms with Gasteiger partial charge in [-0.3, -0.25) is 4.55 Å². The Morgan fingerprint density at radius 3 is 1.03 bits per heavy atom. The maximum absolute atomic E-state index is 12.4. The van der Waals surface area contributed by atoms with Gasteiger partial charge in [0, 0.05) is 11.4 Å². The molecule has 0 aromatic heterocycles. The van der Waals surface area contributed by atoms with Gasteiger partial charge in [0.2, 0.25) is 0 Å². The summed E-state index contributed by atoms with van der Waals surface area (Å²) in [5.74, 6) is -3.85. The van der Waals surface area contributed by atoms with E-state index in [9.17, 15) is 32.8 Å². The third-order valence-electron chi connectivity index (χ3n) is 8.12. The molecule has 0 bridgehead atoms. The van der Waals surface area contributed by atoms with Gasteiger partial charge in [-0.25, -0.2) is 0 Å². The molecule has 0 aliphatic carbocycles. The fourth-order valence-corrected chi connectivity index (χ4v) is 6.37. The first-order valence-corrected chi connectivity index (χ1v) is 16.3. The van der Waals surface area contributed by atoms with Crippen LogP contribution in [-0.2, 0) is 19.7 Å². The van der Waals surface area contributed by atoms with Crippen LogP contribution in [-0.4, -0.2) is 29.7 Å².